The second-order valence-electron chi connectivity index (χ2n) is 22.1. The summed E-state index contributed by atoms with van der Waals surface area (Å²) in [6, 6.07) is -0.556. The molecule has 0 aliphatic carbocycles. The standard InChI is InChI=1S/C67H125NO5/c1-3-5-7-9-11-13-15-17-19-21-23-25-27-31-35-39-43-47-51-55-59-65(70)64(63-69)68-66(71)60-56-52-48-44-40-36-32-28-26-30-34-38-42-46-50-54-58-62-73-67(72)61-57-53-49-45-41-37-33-29-24-22-20-18-16-14-12-10-8-6-4-2/h12,14,18,20,26,30,38,42,64-65,69-70H,3-11,13,15-17,19,21-25,27-29,31-37,39-41,43-63H2,1-2H3,(H,68,71)/b14-12-,20-18-,30-26-,42-38-. The second kappa shape index (κ2) is 62.4. The molecule has 6 heteroatoms. The lowest BCUT2D eigenvalue weighted by molar-refractivity contribution is -0.143. The minimum atomic E-state index is -0.677. The van der Waals surface area contributed by atoms with Crippen molar-refractivity contribution in [2.45, 2.75) is 353 Å². The van der Waals surface area contributed by atoms with Gasteiger partial charge in [-0.15, -0.1) is 0 Å². The van der Waals surface area contributed by atoms with E-state index in [1.54, 1.807) is 0 Å². The lowest BCUT2D eigenvalue weighted by Crippen LogP contribution is -2.45. The fourth-order valence-corrected chi connectivity index (χ4v) is 9.88. The van der Waals surface area contributed by atoms with Gasteiger partial charge in [0.05, 0.1) is 25.4 Å². The van der Waals surface area contributed by atoms with E-state index in [1.807, 2.05) is 0 Å². The van der Waals surface area contributed by atoms with Gasteiger partial charge in [0.2, 0.25) is 5.91 Å². The molecule has 0 bridgehead atoms. The summed E-state index contributed by atoms with van der Waals surface area (Å²) in [5, 5.41) is 23.4. The third-order valence-electron chi connectivity index (χ3n) is 14.9. The van der Waals surface area contributed by atoms with E-state index in [2.05, 4.69) is 67.8 Å². The number of amides is 1. The summed E-state index contributed by atoms with van der Waals surface area (Å²) in [6.45, 7) is 4.90. The summed E-state index contributed by atoms with van der Waals surface area (Å²) < 4.78 is 5.47. The Morgan fingerprint density at radius 1 is 0.384 bits per heavy atom. The van der Waals surface area contributed by atoms with E-state index in [1.165, 1.54) is 218 Å². The molecule has 0 aliphatic heterocycles. The minimum Gasteiger partial charge on any atom is -0.466 e. The summed E-state index contributed by atoms with van der Waals surface area (Å²) in [7, 11) is 0. The summed E-state index contributed by atoms with van der Waals surface area (Å²) in [5.41, 5.74) is 0. The molecule has 0 fully saturated rings. The van der Waals surface area contributed by atoms with Crippen molar-refractivity contribution in [3.8, 4) is 0 Å². The zero-order chi connectivity index (χ0) is 52.9. The summed E-state index contributed by atoms with van der Waals surface area (Å²) in [6.07, 6.45) is 79.8. The van der Waals surface area contributed by atoms with Crippen LogP contribution in [0.4, 0.5) is 0 Å². The molecule has 0 spiro atoms. The fourth-order valence-electron chi connectivity index (χ4n) is 9.88. The molecule has 0 aliphatic rings. The first kappa shape index (κ1) is 70.8. The molecule has 73 heavy (non-hydrogen) atoms. The Labute approximate surface area is 455 Å². The molecule has 428 valence electrons. The number of carbonyl (C=O) groups excluding carboxylic acids is 2. The largest absolute Gasteiger partial charge is 0.466 e. The highest BCUT2D eigenvalue weighted by molar-refractivity contribution is 5.76. The Hall–Kier alpha value is -2.18. The van der Waals surface area contributed by atoms with Crippen molar-refractivity contribution in [2.75, 3.05) is 13.2 Å². The maximum absolute atomic E-state index is 12.5. The third kappa shape index (κ3) is 58.9. The van der Waals surface area contributed by atoms with Crippen LogP contribution in [-0.2, 0) is 14.3 Å². The van der Waals surface area contributed by atoms with Crippen LogP contribution in [0.3, 0.4) is 0 Å². The number of rotatable bonds is 60. The van der Waals surface area contributed by atoms with Gasteiger partial charge in [-0.25, -0.2) is 0 Å². The minimum absolute atomic E-state index is 0.0190. The van der Waals surface area contributed by atoms with E-state index in [0.717, 1.165) is 89.9 Å². The van der Waals surface area contributed by atoms with E-state index in [-0.39, 0.29) is 18.5 Å². The van der Waals surface area contributed by atoms with Gasteiger partial charge in [-0.3, -0.25) is 9.59 Å². The number of esters is 1. The first-order valence-corrected chi connectivity index (χ1v) is 32.4. The number of unbranched alkanes of at least 4 members (excludes halogenated alkanes) is 41. The third-order valence-corrected chi connectivity index (χ3v) is 14.9. The van der Waals surface area contributed by atoms with E-state index in [9.17, 15) is 19.8 Å². The number of hydrogen-bond donors (Lipinski definition) is 3. The first-order valence-electron chi connectivity index (χ1n) is 32.4. The monoisotopic (exact) mass is 1020 g/mol. The molecule has 0 rings (SSSR count). The Morgan fingerprint density at radius 2 is 0.685 bits per heavy atom. The Bertz CT molecular complexity index is 1230. The number of allylic oxidation sites excluding steroid dienone is 8. The molecule has 1 amide bonds. The van der Waals surface area contributed by atoms with Gasteiger partial charge >= 0.3 is 5.97 Å². The number of aliphatic hydroxyl groups is 2. The van der Waals surface area contributed by atoms with Crippen molar-refractivity contribution >= 4 is 11.9 Å². The Balaban J connectivity index is 3.48. The molecule has 0 radical (unpaired) electrons. The van der Waals surface area contributed by atoms with E-state index >= 15 is 0 Å². The van der Waals surface area contributed by atoms with Crippen LogP contribution in [0.15, 0.2) is 48.6 Å². The zero-order valence-corrected chi connectivity index (χ0v) is 48.9. The lowest BCUT2D eigenvalue weighted by Gasteiger charge is -2.22. The van der Waals surface area contributed by atoms with Crippen molar-refractivity contribution in [3.63, 3.8) is 0 Å². The van der Waals surface area contributed by atoms with Gasteiger partial charge in [-0.1, -0.05) is 281 Å². The van der Waals surface area contributed by atoms with Crippen LogP contribution in [0.1, 0.15) is 341 Å². The number of nitrogens with one attached hydrogen (secondary N) is 1. The molecule has 0 saturated carbocycles. The predicted octanol–water partition coefficient (Wildman–Crippen LogP) is 20.5. The van der Waals surface area contributed by atoms with Crippen LogP contribution < -0.4 is 5.32 Å². The number of carbonyl (C=O) groups is 2. The second-order valence-corrected chi connectivity index (χ2v) is 22.1. The normalized spacial score (nSPS) is 12.9. The van der Waals surface area contributed by atoms with Crippen LogP contribution in [0.25, 0.3) is 0 Å². The van der Waals surface area contributed by atoms with Gasteiger partial charge in [-0.2, -0.15) is 0 Å². The van der Waals surface area contributed by atoms with Crippen molar-refractivity contribution in [1.29, 1.82) is 0 Å². The van der Waals surface area contributed by atoms with Crippen LogP contribution in [0.2, 0.25) is 0 Å². The topological polar surface area (TPSA) is 95.9 Å². The van der Waals surface area contributed by atoms with Gasteiger partial charge < -0.3 is 20.3 Å². The Morgan fingerprint density at radius 3 is 1.07 bits per heavy atom. The van der Waals surface area contributed by atoms with E-state index < -0.39 is 12.1 Å². The number of ether oxygens (including phenoxy) is 1. The van der Waals surface area contributed by atoms with Crippen LogP contribution in [0, 0.1) is 0 Å². The number of hydrogen-bond acceptors (Lipinski definition) is 5. The Kier molecular flexibility index (Phi) is 60.5. The average Bonchev–Trinajstić information content (AvgIpc) is 3.39. The lowest BCUT2D eigenvalue weighted by atomic mass is 10.0. The van der Waals surface area contributed by atoms with Gasteiger partial charge in [0, 0.05) is 12.8 Å². The molecule has 3 N–H and O–H groups in total. The molecule has 6 nitrogen and oxygen atoms in total. The van der Waals surface area contributed by atoms with Gasteiger partial charge in [0.15, 0.2) is 0 Å². The summed E-state index contributed by atoms with van der Waals surface area (Å²) in [5.74, 6) is -0.0680. The van der Waals surface area contributed by atoms with Gasteiger partial charge in [-0.05, 0) is 96.3 Å². The van der Waals surface area contributed by atoms with Crippen LogP contribution >= 0.6 is 0 Å². The predicted molar refractivity (Wildman–Crippen MR) is 319 cm³/mol. The van der Waals surface area contributed by atoms with Crippen LogP contribution in [-0.4, -0.2) is 47.4 Å². The van der Waals surface area contributed by atoms with Gasteiger partial charge in [0.1, 0.15) is 0 Å². The maximum atomic E-state index is 12.5. The highest BCUT2D eigenvalue weighted by atomic mass is 16.5. The first-order chi connectivity index (χ1) is 36.0. The van der Waals surface area contributed by atoms with E-state index in [0.29, 0.717) is 25.9 Å². The molecule has 2 unspecified atom stereocenters. The van der Waals surface area contributed by atoms with Crippen molar-refractivity contribution in [3.05, 3.63) is 48.6 Å². The molecule has 0 aromatic carbocycles. The van der Waals surface area contributed by atoms with Crippen LogP contribution in [0.5, 0.6) is 0 Å². The molecule has 0 heterocycles. The van der Waals surface area contributed by atoms with Crippen molar-refractivity contribution in [2.24, 2.45) is 0 Å². The summed E-state index contributed by atoms with van der Waals surface area (Å²) >= 11 is 0. The molecule has 0 aromatic rings. The zero-order valence-electron chi connectivity index (χ0n) is 48.9. The molecule has 0 aromatic heterocycles. The highest BCUT2D eigenvalue weighted by Gasteiger charge is 2.20. The maximum Gasteiger partial charge on any atom is 0.305 e. The average molecular weight is 1020 g/mol. The molecular formula is C67H125NO5. The number of aliphatic hydroxyl groups excluding tert-OH is 2. The van der Waals surface area contributed by atoms with E-state index in [4.69, 9.17) is 4.74 Å². The fraction of sp³-hybridized carbons (Fsp3) is 0.851. The van der Waals surface area contributed by atoms with Crippen molar-refractivity contribution in [1.82, 2.24) is 5.32 Å². The SMILES string of the molecule is CCCCC/C=C\C/C=C\CCCCCCCCCCCC(=O)OCCCCC/C=C\C/C=C\CCCCCCCCCC(=O)NC(CO)C(O)CCCCCCCCCCCCCCCCCCCCCC. The highest BCUT2D eigenvalue weighted by Crippen LogP contribution is 2.18. The molecule has 2 atom stereocenters. The quantitative estimate of drug-likeness (QED) is 0.0320. The van der Waals surface area contributed by atoms with Gasteiger partial charge in [0.25, 0.3) is 0 Å². The molecule has 0 saturated heterocycles. The summed E-state index contributed by atoms with van der Waals surface area (Å²) in [4.78, 5) is 24.6. The molecular weight excluding hydrogens is 899 g/mol. The smallest absolute Gasteiger partial charge is 0.305 e. The van der Waals surface area contributed by atoms with Crippen molar-refractivity contribution < 1.29 is 24.5 Å².